The summed E-state index contributed by atoms with van der Waals surface area (Å²) in [5.74, 6) is -0.759. The number of nitrogens with zero attached hydrogens (tertiary/aromatic N) is 1. The Morgan fingerprint density at radius 1 is 1.56 bits per heavy atom. The molecule has 1 aliphatic rings. The summed E-state index contributed by atoms with van der Waals surface area (Å²) in [6.07, 6.45) is -4.50. The third-order valence-electron chi connectivity index (χ3n) is 2.84. The van der Waals surface area contributed by atoms with Gasteiger partial charge in [0, 0.05) is 20.2 Å². The molecule has 1 atom stereocenters. The summed E-state index contributed by atoms with van der Waals surface area (Å²) in [5.41, 5.74) is -1.94. The molecule has 16 heavy (non-hydrogen) atoms. The second-order valence-corrected chi connectivity index (χ2v) is 4.18. The molecular formula is C9H13ClF3NO2. The summed E-state index contributed by atoms with van der Waals surface area (Å²) < 4.78 is 43.3. The maximum absolute atomic E-state index is 12.9. The lowest BCUT2D eigenvalue weighted by Crippen LogP contribution is -2.45. The third-order valence-corrected chi connectivity index (χ3v) is 3.07. The molecule has 0 aromatic carbocycles. The number of carbonyl (C=O) groups excluding carboxylic acids is 1. The van der Waals surface area contributed by atoms with E-state index in [1.807, 2.05) is 0 Å². The van der Waals surface area contributed by atoms with Crippen LogP contribution in [0, 0.1) is 5.41 Å². The van der Waals surface area contributed by atoms with Crippen LogP contribution in [0.25, 0.3) is 0 Å². The molecule has 0 aliphatic carbocycles. The van der Waals surface area contributed by atoms with Crippen molar-refractivity contribution in [3.63, 3.8) is 0 Å². The Hall–Kier alpha value is -0.490. The van der Waals surface area contributed by atoms with E-state index in [-0.39, 0.29) is 25.4 Å². The van der Waals surface area contributed by atoms with E-state index in [1.54, 1.807) is 0 Å². The number of hydrogen-bond acceptors (Lipinski definition) is 2. The van der Waals surface area contributed by atoms with E-state index in [2.05, 4.69) is 4.74 Å². The molecular weight excluding hydrogens is 247 g/mol. The van der Waals surface area contributed by atoms with Crippen molar-refractivity contribution in [3.05, 3.63) is 0 Å². The molecule has 1 amide bonds. The molecule has 0 aromatic rings. The van der Waals surface area contributed by atoms with Crippen molar-refractivity contribution in [1.82, 2.24) is 4.90 Å². The number of methoxy groups -OCH3 is 1. The summed E-state index contributed by atoms with van der Waals surface area (Å²) >= 11 is 5.31. The van der Waals surface area contributed by atoms with Crippen LogP contribution in [0.15, 0.2) is 0 Å². The van der Waals surface area contributed by atoms with Gasteiger partial charge in [0.15, 0.2) is 0 Å². The number of halogens is 4. The normalized spacial score (nSPS) is 26.2. The average molecular weight is 260 g/mol. The van der Waals surface area contributed by atoms with Gasteiger partial charge in [-0.15, -0.1) is 11.6 Å². The zero-order valence-electron chi connectivity index (χ0n) is 8.81. The van der Waals surface area contributed by atoms with Gasteiger partial charge in [0.2, 0.25) is 5.91 Å². The van der Waals surface area contributed by atoms with Crippen molar-refractivity contribution < 1.29 is 22.7 Å². The number of rotatable bonds is 3. The maximum Gasteiger partial charge on any atom is 0.398 e. The monoisotopic (exact) mass is 259 g/mol. The van der Waals surface area contributed by atoms with Gasteiger partial charge in [-0.3, -0.25) is 4.79 Å². The van der Waals surface area contributed by atoms with Crippen LogP contribution in [0.2, 0.25) is 0 Å². The number of ether oxygens (including phenoxy) is 1. The van der Waals surface area contributed by atoms with E-state index in [1.165, 1.54) is 7.11 Å². The van der Waals surface area contributed by atoms with E-state index in [0.29, 0.717) is 0 Å². The first-order chi connectivity index (χ1) is 7.36. The van der Waals surface area contributed by atoms with Gasteiger partial charge in [-0.1, -0.05) is 0 Å². The highest BCUT2D eigenvalue weighted by molar-refractivity contribution is 6.27. The molecule has 0 radical (unpaired) electrons. The molecule has 1 heterocycles. The second kappa shape index (κ2) is 4.79. The molecule has 1 aliphatic heterocycles. The van der Waals surface area contributed by atoms with Crippen LogP contribution in [0.5, 0.6) is 0 Å². The molecule has 0 N–H and O–H groups in total. The topological polar surface area (TPSA) is 29.5 Å². The summed E-state index contributed by atoms with van der Waals surface area (Å²) in [5, 5.41) is 0. The van der Waals surface area contributed by atoms with E-state index in [0.717, 1.165) is 4.90 Å². The zero-order chi connectivity index (χ0) is 12.4. The Morgan fingerprint density at radius 2 is 2.19 bits per heavy atom. The Bertz CT molecular complexity index is 272. The minimum atomic E-state index is -4.37. The first-order valence-electron chi connectivity index (χ1n) is 4.76. The predicted octanol–water partition coefficient (Wildman–Crippen LogP) is 1.65. The van der Waals surface area contributed by atoms with Crippen molar-refractivity contribution in [3.8, 4) is 0 Å². The van der Waals surface area contributed by atoms with Crippen LogP contribution in [0.1, 0.15) is 6.42 Å². The van der Waals surface area contributed by atoms with Crippen molar-refractivity contribution >= 4 is 17.5 Å². The highest BCUT2D eigenvalue weighted by Crippen LogP contribution is 2.45. The number of alkyl halides is 4. The van der Waals surface area contributed by atoms with Crippen LogP contribution < -0.4 is 0 Å². The van der Waals surface area contributed by atoms with E-state index in [4.69, 9.17) is 11.6 Å². The van der Waals surface area contributed by atoms with Crippen molar-refractivity contribution in [2.24, 2.45) is 5.41 Å². The molecule has 1 saturated heterocycles. The largest absolute Gasteiger partial charge is 0.398 e. The fourth-order valence-corrected chi connectivity index (χ4v) is 2.05. The van der Waals surface area contributed by atoms with Crippen LogP contribution in [-0.4, -0.2) is 49.7 Å². The first kappa shape index (κ1) is 13.6. The fraction of sp³-hybridized carbons (Fsp3) is 0.889. The van der Waals surface area contributed by atoms with Crippen molar-refractivity contribution in [1.29, 1.82) is 0 Å². The minimum Gasteiger partial charge on any atom is -0.384 e. The SMILES string of the molecule is COC[C@]1(C(F)(F)F)CCN(C(=O)CCl)C1. The Balaban J connectivity index is 2.80. The third kappa shape index (κ3) is 2.43. The number of hydrogen-bond donors (Lipinski definition) is 0. The summed E-state index contributed by atoms with van der Waals surface area (Å²) in [7, 11) is 1.22. The molecule has 0 bridgehead atoms. The van der Waals surface area contributed by atoms with Gasteiger partial charge >= 0.3 is 6.18 Å². The molecule has 7 heteroatoms. The van der Waals surface area contributed by atoms with Gasteiger partial charge in [0.25, 0.3) is 0 Å². The van der Waals surface area contributed by atoms with Gasteiger partial charge in [0.1, 0.15) is 11.3 Å². The summed E-state index contributed by atoms with van der Waals surface area (Å²) in [6, 6.07) is 0. The zero-order valence-corrected chi connectivity index (χ0v) is 9.57. The number of amides is 1. The number of likely N-dealkylation sites (tertiary alicyclic amines) is 1. The highest BCUT2D eigenvalue weighted by Gasteiger charge is 2.58. The fourth-order valence-electron chi connectivity index (χ4n) is 1.88. The molecule has 1 rings (SSSR count). The van der Waals surface area contributed by atoms with Gasteiger partial charge in [-0.05, 0) is 6.42 Å². The van der Waals surface area contributed by atoms with Gasteiger partial charge in [-0.2, -0.15) is 13.2 Å². The lowest BCUT2D eigenvalue weighted by Gasteiger charge is -2.30. The summed E-state index contributed by atoms with van der Waals surface area (Å²) in [6.45, 7) is -0.715. The lowest BCUT2D eigenvalue weighted by molar-refractivity contribution is -0.232. The van der Waals surface area contributed by atoms with Gasteiger partial charge in [0.05, 0.1) is 6.61 Å². The summed E-state index contributed by atoms with van der Waals surface area (Å²) in [4.78, 5) is 12.4. The Morgan fingerprint density at radius 3 is 2.62 bits per heavy atom. The van der Waals surface area contributed by atoms with Crippen molar-refractivity contribution in [2.45, 2.75) is 12.6 Å². The standard InChI is InChI=1S/C9H13ClF3NO2/c1-16-6-8(9(11,12)13)2-3-14(5-8)7(15)4-10/h2-6H2,1H3/t8-/m0/s1. The molecule has 0 unspecified atom stereocenters. The molecule has 1 fully saturated rings. The molecule has 94 valence electrons. The highest BCUT2D eigenvalue weighted by atomic mass is 35.5. The van der Waals surface area contributed by atoms with E-state index in [9.17, 15) is 18.0 Å². The minimum absolute atomic E-state index is 0.0778. The quantitative estimate of drug-likeness (QED) is 0.722. The lowest BCUT2D eigenvalue weighted by atomic mass is 9.87. The molecule has 3 nitrogen and oxygen atoms in total. The van der Waals surface area contributed by atoms with Crippen LogP contribution in [-0.2, 0) is 9.53 Å². The smallest absolute Gasteiger partial charge is 0.384 e. The Kier molecular flexibility index (Phi) is 4.07. The van der Waals surface area contributed by atoms with E-state index < -0.39 is 24.1 Å². The molecule has 0 aromatic heterocycles. The van der Waals surface area contributed by atoms with Crippen LogP contribution in [0.4, 0.5) is 13.2 Å². The van der Waals surface area contributed by atoms with Crippen molar-refractivity contribution in [2.75, 3.05) is 32.7 Å². The van der Waals surface area contributed by atoms with Gasteiger partial charge < -0.3 is 9.64 Å². The maximum atomic E-state index is 12.9. The molecule has 0 spiro atoms. The number of carbonyl (C=O) groups is 1. The van der Waals surface area contributed by atoms with Crippen LogP contribution in [0.3, 0.4) is 0 Å². The predicted molar refractivity (Wildman–Crippen MR) is 52.3 cm³/mol. The molecule has 0 saturated carbocycles. The average Bonchev–Trinajstić information content (AvgIpc) is 2.62. The van der Waals surface area contributed by atoms with E-state index >= 15 is 0 Å². The van der Waals surface area contributed by atoms with Crippen LogP contribution >= 0.6 is 11.6 Å². The Labute approximate surface area is 96.5 Å². The second-order valence-electron chi connectivity index (χ2n) is 3.91. The van der Waals surface area contributed by atoms with Gasteiger partial charge in [-0.25, -0.2) is 0 Å². The first-order valence-corrected chi connectivity index (χ1v) is 5.29.